The van der Waals surface area contributed by atoms with Crippen LogP contribution in [0.4, 0.5) is 0 Å². The number of carbonyl (C=O) groups excluding carboxylic acids is 1. The number of phenolic OH excluding ortho intramolecular Hbond substituents is 1. The molecule has 0 saturated carbocycles. The summed E-state index contributed by atoms with van der Waals surface area (Å²) in [5.74, 6) is 0.497. The third-order valence-electron chi connectivity index (χ3n) is 3.04. The van der Waals surface area contributed by atoms with Gasteiger partial charge in [-0.05, 0) is 37.0 Å². The van der Waals surface area contributed by atoms with E-state index in [1.807, 2.05) is 12.1 Å². The van der Waals surface area contributed by atoms with Crippen LogP contribution in [0.5, 0.6) is 5.75 Å². The highest BCUT2D eigenvalue weighted by molar-refractivity contribution is 5.78. The average molecular weight is 231 g/mol. The summed E-state index contributed by atoms with van der Waals surface area (Å²) < 4.78 is 0. The molecule has 1 amide bonds. The van der Waals surface area contributed by atoms with Crippen LogP contribution in [-0.2, 0) is 11.3 Å². The SMILES string of the molecule is O=C(NCc1ccc(O)cc1)C1CC=CCC1. The largest absolute Gasteiger partial charge is 0.508 e. The lowest BCUT2D eigenvalue weighted by Gasteiger charge is -2.17. The number of amides is 1. The maximum Gasteiger partial charge on any atom is 0.223 e. The first-order valence-electron chi connectivity index (χ1n) is 5.96. The molecule has 0 radical (unpaired) electrons. The number of hydrogen-bond acceptors (Lipinski definition) is 2. The van der Waals surface area contributed by atoms with Crippen LogP contribution in [-0.4, -0.2) is 11.0 Å². The second-order valence-corrected chi connectivity index (χ2v) is 4.37. The van der Waals surface area contributed by atoms with Gasteiger partial charge in [-0.25, -0.2) is 0 Å². The Kier molecular flexibility index (Phi) is 3.81. The Balaban J connectivity index is 1.83. The van der Waals surface area contributed by atoms with Gasteiger partial charge in [0.2, 0.25) is 5.91 Å². The third kappa shape index (κ3) is 3.34. The van der Waals surface area contributed by atoms with E-state index in [4.69, 9.17) is 5.11 Å². The zero-order chi connectivity index (χ0) is 12.1. The van der Waals surface area contributed by atoms with E-state index in [1.165, 1.54) is 0 Å². The topological polar surface area (TPSA) is 49.3 Å². The summed E-state index contributed by atoms with van der Waals surface area (Å²) in [7, 11) is 0. The van der Waals surface area contributed by atoms with Crippen LogP contribution in [0.15, 0.2) is 36.4 Å². The molecule has 1 aliphatic rings. The number of hydrogen-bond donors (Lipinski definition) is 2. The number of rotatable bonds is 3. The smallest absolute Gasteiger partial charge is 0.223 e. The molecule has 0 saturated heterocycles. The summed E-state index contributed by atoms with van der Waals surface area (Å²) in [6.45, 7) is 0.527. The quantitative estimate of drug-likeness (QED) is 0.785. The lowest BCUT2D eigenvalue weighted by Crippen LogP contribution is -2.30. The van der Waals surface area contributed by atoms with Gasteiger partial charge in [-0.3, -0.25) is 4.79 Å². The van der Waals surface area contributed by atoms with E-state index >= 15 is 0 Å². The number of phenols is 1. The van der Waals surface area contributed by atoms with E-state index in [0.717, 1.165) is 24.8 Å². The molecular formula is C14H17NO2. The van der Waals surface area contributed by atoms with Gasteiger partial charge >= 0.3 is 0 Å². The van der Waals surface area contributed by atoms with E-state index in [-0.39, 0.29) is 17.6 Å². The van der Waals surface area contributed by atoms with E-state index < -0.39 is 0 Å². The average Bonchev–Trinajstić information content (AvgIpc) is 2.39. The van der Waals surface area contributed by atoms with Gasteiger partial charge in [0.05, 0.1) is 0 Å². The first-order valence-corrected chi connectivity index (χ1v) is 5.96. The molecule has 0 aromatic heterocycles. The van der Waals surface area contributed by atoms with Crippen LogP contribution in [0.25, 0.3) is 0 Å². The molecule has 1 unspecified atom stereocenters. The van der Waals surface area contributed by atoms with Crippen molar-refractivity contribution >= 4 is 5.91 Å². The fraction of sp³-hybridized carbons (Fsp3) is 0.357. The number of aromatic hydroxyl groups is 1. The maximum absolute atomic E-state index is 11.8. The van der Waals surface area contributed by atoms with Crippen molar-refractivity contribution in [3.05, 3.63) is 42.0 Å². The second-order valence-electron chi connectivity index (χ2n) is 4.37. The first kappa shape index (κ1) is 11.7. The summed E-state index contributed by atoms with van der Waals surface area (Å²) in [4.78, 5) is 11.8. The molecule has 1 aliphatic carbocycles. The van der Waals surface area contributed by atoms with Gasteiger partial charge in [-0.1, -0.05) is 24.3 Å². The van der Waals surface area contributed by atoms with Crippen LogP contribution >= 0.6 is 0 Å². The fourth-order valence-electron chi connectivity index (χ4n) is 1.98. The van der Waals surface area contributed by atoms with Crippen LogP contribution in [0.1, 0.15) is 24.8 Å². The van der Waals surface area contributed by atoms with Gasteiger partial charge in [0.15, 0.2) is 0 Å². The van der Waals surface area contributed by atoms with Crippen LogP contribution < -0.4 is 5.32 Å². The first-order chi connectivity index (χ1) is 8.25. The minimum atomic E-state index is 0.122. The Morgan fingerprint density at radius 3 is 2.71 bits per heavy atom. The molecule has 90 valence electrons. The van der Waals surface area contributed by atoms with Crippen LogP contribution in [0, 0.1) is 5.92 Å². The summed E-state index contributed by atoms with van der Waals surface area (Å²) in [6.07, 6.45) is 6.99. The Morgan fingerprint density at radius 2 is 2.06 bits per heavy atom. The van der Waals surface area contributed by atoms with Crippen LogP contribution in [0.2, 0.25) is 0 Å². The Labute approximate surface area is 101 Å². The number of benzene rings is 1. The highest BCUT2D eigenvalue weighted by atomic mass is 16.3. The van der Waals surface area contributed by atoms with Gasteiger partial charge in [-0.2, -0.15) is 0 Å². The van der Waals surface area contributed by atoms with Crippen molar-refractivity contribution < 1.29 is 9.90 Å². The molecule has 1 aromatic carbocycles. The monoisotopic (exact) mass is 231 g/mol. The lowest BCUT2D eigenvalue weighted by molar-refractivity contribution is -0.125. The third-order valence-corrected chi connectivity index (χ3v) is 3.04. The van der Waals surface area contributed by atoms with E-state index in [0.29, 0.717) is 6.54 Å². The molecule has 0 bridgehead atoms. The van der Waals surface area contributed by atoms with Gasteiger partial charge in [0, 0.05) is 12.5 Å². The number of nitrogens with one attached hydrogen (secondary N) is 1. The molecule has 1 atom stereocenters. The van der Waals surface area contributed by atoms with E-state index in [2.05, 4.69) is 17.5 Å². The van der Waals surface area contributed by atoms with Crippen molar-refractivity contribution in [3.8, 4) is 5.75 Å². The zero-order valence-electron chi connectivity index (χ0n) is 9.73. The Bertz CT molecular complexity index is 409. The predicted octanol–water partition coefficient (Wildman–Crippen LogP) is 2.36. The highest BCUT2D eigenvalue weighted by Crippen LogP contribution is 2.18. The van der Waals surface area contributed by atoms with E-state index in [9.17, 15) is 4.79 Å². The normalized spacial score (nSPS) is 18.9. The molecule has 0 spiro atoms. The van der Waals surface area contributed by atoms with Gasteiger partial charge in [0.1, 0.15) is 5.75 Å². The molecule has 0 fully saturated rings. The van der Waals surface area contributed by atoms with Crippen molar-refractivity contribution in [3.63, 3.8) is 0 Å². The Morgan fingerprint density at radius 1 is 1.29 bits per heavy atom. The van der Waals surface area contributed by atoms with Crippen molar-refractivity contribution in [2.24, 2.45) is 5.92 Å². The number of carbonyl (C=O) groups is 1. The number of allylic oxidation sites excluding steroid dienone is 2. The van der Waals surface area contributed by atoms with Gasteiger partial charge in [0.25, 0.3) is 0 Å². The van der Waals surface area contributed by atoms with Gasteiger partial charge in [-0.15, -0.1) is 0 Å². The predicted molar refractivity (Wildman–Crippen MR) is 66.4 cm³/mol. The molecule has 1 aromatic rings. The zero-order valence-corrected chi connectivity index (χ0v) is 9.73. The lowest BCUT2D eigenvalue weighted by atomic mass is 9.93. The van der Waals surface area contributed by atoms with Crippen molar-refractivity contribution in [2.75, 3.05) is 0 Å². The molecule has 3 heteroatoms. The summed E-state index contributed by atoms with van der Waals surface area (Å²) in [5, 5.41) is 12.1. The molecule has 2 N–H and O–H groups in total. The van der Waals surface area contributed by atoms with Crippen molar-refractivity contribution in [1.82, 2.24) is 5.32 Å². The molecule has 0 heterocycles. The minimum Gasteiger partial charge on any atom is -0.508 e. The highest BCUT2D eigenvalue weighted by Gasteiger charge is 2.17. The second kappa shape index (κ2) is 5.53. The van der Waals surface area contributed by atoms with Crippen molar-refractivity contribution in [1.29, 1.82) is 0 Å². The standard InChI is InChI=1S/C14H17NO2/c16-13-8-6-11(7-9-13)10-15-14(17)12-4-2-1-3-5-12/h1-2,6-9,12,16H,3-5,10H2,(H,15,17). The molecule has 17 heavy (non-hydrogen) atoms. The molecule has 2 rings (SSSR count). The summed E-state index contributed by atoms with van der Waals surface area (Å²) >= 11 is 0. The maximum atomic E-state index is 11.8. The van der Waals surface area contributed by atoms with Crippen molar-refractivity contribution in [2.45, 2.75) is 25.8 Å². The molecular weight excluding hydrogens is 214 g/mol. The molecule has 0 aliphatic heterocycles. The van der Waals surface area contributed by atoms with E-state index in [1.54, 1.807) is 12.1 Å². The van der Waals surface area contributed by atoms with Gasteiger partial charge < -0.3 is 10.4 Å². The summed E-state index contributed by atoms with van der Waals surface area (Å²) in [5.41, 5.74) is 1.00. The molecule has 3 nitrogen and oxygen atoms in total. The minimum absolute atomic E-state index is 0.122. The van der Waals surface area contributed by atoms with Crippen LogP contribution in [0.3, 0.4) is 0 Å². The Hall–Kier alpha value is -1.77. The fourth-order valence-corrected chi connectivity index (χ4v) is 1.98. The summed E-state index contributed by atoms with van der Waals surface area (Å²) in [6, 6.07) is 6.89.